The zero-order valence-electron chi connectivity index (χ0n) is 30.0. The number of para-hydroxylation sites is 3. The van der Waals surface area contributed by atoms with E-state index in [2.05, 4.69) is 108 Å². The second kappa shape index (κ2) is 13.0. The molecular formula is C50H31N5O. The Bertz CT molecular complexity index is 3170. The largest absolute Gasteiger partial charge is 0.455 e. The number of benzene rings is 7. The molecule has 0 bridgehead atoms. The summed E-state index contributed by atoms with van der Waals surface area (Å²) in [6.45, 7) is 0. The summed E-state index contributed by atoms with van der Waals surface area (Å²) in [5, 5.41) is 4.42. The lowest BCUT2D eigenvalue weighted by Crippen LogP contribution is -2.02. The molecule has 0 fully saturated rings. The Morgan fingerprint density at radius 3 is 1.70 bits per heavy atom. The summed E-state index contributed by atoms with van der Waals surface area (Å²) in [5.41, 5.74) is 11.1. The second-order valence-corrected chi connectivity index (χ2v) is 13.8. The van der Waals surface area contributed by atoms with E-state index < -0.39 is 0 Å². The van der Waals surface area contributed by atoms with E-state index in [0.29, 0.717) is 17.5 Å². The fourth-order valence-electron chi connectivity index (χ4n) is 7.96. The number of rotatable bonds is 6. The third-order valence-corrected chi connectivity index (χ3v) is 10.5. The summed E-state index contributed by atoms with van der Waals surface area (Å²) in [7, 11) is 0. The van der Waals surface area contributed by atoms with Gasteiger partial charge < -0.3 is 8.98 Å². The molecule has 0 aliphatic heterocycles. The maximum absolute atomic E-state index is 6.90. The third-order valence-electron chi connectivity index (χ3n) is 10.5. The molecule has 0 radical (unpaired) electrons. The average molecular weight is 718 g/mol. The summed E-state index contributed by atoms with van der Waals surface area (Å²) in [4.78, 5) is 20.5. The molecule has 0 saturated carbocycles. The predicted molar refractivity (Wildman–Crippen MR) is 226 cm³/mol. The van der Waals surface area contributed by atoms with Gasteiger partial charge in [-0.15, -0.1) is 0 Å². The van der Waals surface area contributed by atoms with E-state index >= 15 is 0 Å². The molecule has 6 heteroatoms. The van der Waals surface area contributed by atoms with Crippen molar-refractivity contribution in [2.75, 3.05) is 0 Å². The fourth-order valence-corrected chi connectivity index (χ4v) is 7.96. The van der Waals surface area contributed by atoms with Gasteiger partial charge in [0.25, 0.3) is 0 Å². The van der Waals surface area contributed by atoms with E-state index in [1.807, 2.05) is 85.1 Å². The lowest BCUT2D eigenvalue weighted by atomic mass is 9.98. The van der Waals surface area contributed by atoms with Crippen LogP contribution in [0.5, 0.6) is 0 Å². The molecule has 0 saturated heterocycles. The van der Waals surface area contributed by atoms with Crippen molar-refractivity contribution in [3.63, 3.8) is 0 Å². The monoisotopic (exact) mass is 717 g/mol. The molecule has 11 aromatic rings. The number of pyridine rings is 1. The smallest absolute Gasteiger partial charge is 0.166 e. The zero-order valence-corrected chi connectivity index (χ0v) is 30.0. The van der Waals surface area contributed by atoms with Gasteiger partial charge in [-0.2, -0.15) is 0 Å². The lowest BCUT2D eigenvalue weighted by molar-refractivity contribution is 0.670. The Labute approximate surface area is 322 Å². The first-order valence-corrected chi connectivity index (χ1v) is 18.6. The topological polar surface area (TPSA) is 69.6 Å². The first kappa shape index (κ1) is 31.8. The van der Waals surface area contributed by atoms with Gasteiger partial charge >= 0.3 is 0 Å². The van der Waals surface area contributed by atoms with Gasteiger partial charge in [-0.05, 0) is 48.0 Å². The summed E-state index contributed by atoms with van der Waals surface area (Å²) >= 11 is 0. The van der Waals surface area contributed by atoms with Gasteiger partial charge in [-0.3, -0.25) is 4.98 Å². The Morgan fingerprint density at radius 2 is 1.00 bits per heavy atom. The Kier molecular flexibility index (Phi) is 7.38. The van der Waals surface area contributed by atoms with E-state index in [9.17, 15) is 0 Å². The van der Waals surface area contributed by atoms with Crippen molar-refractivity contribution in [1.29, 1.82) is 0 Å². The predicted octanol–water partition coefficient (Wildman–Crippen LogP) is 12.6. The van der Waals surface area contributed by atoms with Gasteiger partial charge in [0.1, 0.15) is 11.2 Å². The molecule has 11 rings (SSSR count). The van der Waals surface area contributed by atoms with Gasteiger partial charge in [-0.1, -0.05) is 140 Å². The number of hydrogen-bond acceptors (Lipinski definition) is 5. The molecule has 262 valence electrons. The van der Waals surface area contributed by atoms with E-state index in [-0.39, 0.29) is 0 Å². The second-order valence-electron chi connectivity index (χ2n) is 13.8. The molecular weight excluding hydrogens is 687 g/mol. The van der Waals surface area contributed by atoms with Crippen molar-refractivity contribution in [2.45, 2.75) is 0 Å². The van der Waals surface area contributed by atoms with E-state index in [1.165, 1.54) is 5.39 Å². The Morgan fingerprint density at radius 1 is 0.411 bits per heavy atom. The summed E-state index contributed by atoms with van der Waals surface area (Å²) in [6, 6.07) is 62.3. The lowest BCUT2D eigenvalue weighted by Gasteiger charge is -2.13. The molecule has 0 aliphatic rings. The van der Waals surface area contributed by atoms with Crippen LogP contribution in [0.3, 0.4) is 0 Å². The van der Waals surface area contributed by atoms with Crippen LogP contribution in [0.2, 0.25) is 0 Å². The minimum atomic E-state index is 0.527. The first-order valence-electron chi connectivity index (χ1n) is 18.6. The summed E-state index contributed by atoms with van der Waals surface area (Å²) in [6.07, 6.45) is 1.93. The highest BCUT2D eigenvalue weighted by molar-refractivity contribution is 6.28. The highest BCUT2D eigenvalue weighted by atomic mass is 16.3. The van der Waals surface area contributed by atoms with Gasteiger partial charge in [-0.25, -0.2) is 15.0 Å². The highest BCUT2D eigenvalue weighted by Gasteiger charge is 2.23. The van der Waals surface area contributed by atoms with Crippen LogP contribution >= 0.6 is 0 Å². The fraction of sp³-hybridized carbons (Fsp3) is 0. The molecule has 7 aromatic carbocycles. The van der Waals surface area contributed by atoms with Crippen molar-refractivity contribution in [2.24, 2.45) is 0 Å². The van der Waals surface area contributed by atoms with E-state index in [0.717, 1.165) is 83.1 Å². The van der Waals surface area contributed by atoms with E-state index in [4.69, 9.17) is 24.4 Å². The first-order chi connectivity index (χ1) is 27.8. The van der Waals surface area contributed by atoms with Gasteiger partial charge in [0, 0.05) is 61.2 Å². The van der Waals surface area contributed by atoms with Crippen LogP contribution in [0, 0.1) is 0 Å². The van der Waals surface area contributed by atoms with Crippen LogP contribution < -0.4 is 0 Å². The molecule has 0 N–H and O–H groups in total. The van der Waals surface area contributed by atoms with E-state index in [1.54, 1.807) is 0 Å². The number of aromatic nitrogens is 5. The van der Waals surface area contributed by atoms with Gasteiger partial charge in [0.15, 0.2) is 17.5 Å². The molecule has 56 heavy (non-hydrogen) atoms. The maximum atomic E-state index is 6.90. The molecule has 0 spiro atoms. The van der Waals surface area contributed by atoms with Crippen molar-refractivity contribution in [3.8, 4) is 62.2 Å². The maximum Gasteiger partial charge on any atom is 0.166 e. The van der Waals surface area contributed by atoms with Crippen molar-refractivity contribution in [1.82, 2.24) is 24.5 Å². The highest BCUT2D eigenvalue weighted by Crippen LogP contribution is 2.44. The van der Waals surface area contributed by atoms with Crippen LogP contribution in [0.4, 0.5) is 0 Å². The summed E-state index contributed by atoms with van der Waals surface area (Å²) in [5.74, 6) is 1.70. The molecule has 0 unspecified atom stereocenters. The van der Waals surface area contributed by atoms with Crippen LogP contribution in [0.15, 0.2) is 193 Å². The SMILES string of the molecule is c1ccc(-c2cnc(-c3cccc4c3oc3ccc5c(c6ccccc6n5-c5ccccc5)c34)c(-c3nc(-c4ccccc4)nc(-c4ccccc4)n3)c2)cc1. The van der Waals surface area contributed by atoms with Crippen molar-refractivity contribution < 1.29 is 4.42 Å². The minimum absolute atomic E-state index is 0.527. The molecule has 0 amide bonds. The molecule has 4 heterocycles. The standard InChI is InChI=1S/C50H31N5O/c1-5-16-32(17-6-1)35-30-40(50-53-48(33-18-7-2-8-19-33)52-49(54-50)34-20-9-3-10-21-34)46(51-31-35)39-26-15-25-38-45-43(56-47(38)39)29-28-42-44(45)37-24-13-14-27-41(37)55(42)36-22-11-4-12-23-36/h1-31H. The van der Waals surface area contributed by atoms with Crippen LogP contribution in [0.1, 0.15) is 0 Å². The molecule has 4 aromatic heterocycles. The minimum Gasteiger partial charge on any atom is -0.455 e. The van der Waals surface area contributed by atoms with Gasteiger partial charge in [0.05, 0.1) is 16.7 Å². The zero-order chi connectivity index (χ0) is 37.0. The van der Waals surface area contributed by atoms with Crippen LogP contribution in [-0.2, 0) is 0 Å². The molecule has 0 atom stereocenters. The summed E-state index contributed by atoms with van der Waals surface area (Å²) < 4.78 is 9.24. The van der Waals surface area contributed by atoms with Gasteiger partial charge in [0.2, 0.25) is 0 Å². The van der Waals surface area contributed by atoms with Crippen molar-refractivity contribution >= 4 is 43.7 Å². The Hall–Kier alpha value is -7.70. The number of furan rings is 1. The molecule has 6 nitrogen and oxygen atoms in total. The number of hydrogen-bond donors (Lipinski definition) is 0. The van der Waals surface area contributed by atoms with Crippen molar-refractivity contribution in [3.05, 3.63) is 188 Å². The average Bonchev–Trinajstić information content (AvgIpc) is 3.83. The number of nitrogens with zero attached hydrogens (tertiary/aromatic N) is 5. The normalized spacial score (nSPS) is 11.6. The Balaban J connectivity index is 1.19. The quantitative estimate of drug-likeness (QED) is 0.171. The number of fused-ring (bicyclic) bond motifs is 7. The van der Waals surface area contributed by atoms with Crippen LogP contribution in [0.25, 0.3) is 106 Å². The third kappa shape index (κ3) is 5.19. The molecule has 0 aliphatic carbocycles. The van der Waals surface area contributed by atoms with Crippen LogP contribution in [-0.4, -0.2) is 24.5 Å².